The van der Waals surface area contributed by atoms with E-state index in [1.807, 2.05) is 24.3 Å². The van der Waals surface area contributed by atoms with Gasteiger partial charge in [0.2, 0.25) is 17.7 Å². The molecule has 4 aliphatic rings. The fraction of sp³-hybridized carbons (Fsp3) is 0.581. The predicted molar refractivity (Wildman–Crippen MR) is 162 cm³/mol. The number of hydrogen-bond acceptors (Lipinski definition) is 8. The van der Waals surface area contributed by atoms with Crippen molar-refractivity contribution in [1.82, 2.24) is 20.4 Å². The maximum absolute atomic E-state index is 14.0. The Labute approximate surface area is 266 Å². The van der Waals surface area contributed by atoms with Crippen LogP contribution < -0.4 is 16.4 Å². The summed E-state index contributed by atoms with van der Waals surface area (Å²) in [7, 11) is 0. The van der Waals surface area contributed by atoms with Gasteiger partial charge >= 0.3 is 12.2 Å². The first kappa shape index (κ1) is 32.6. The van der Waals surface area contributed by atoms with Crippen molar-refractivity contribution in [3.63, 3.8) is 0 Å². The van der Waals surface area contributed by atoms with E-state index in [4.69, 9.17) is 31.5 Å². The molecule has 5 atom stereocenters. The molecule has 0 bridgehead atoms. The summed E-state index contributed by atoms with van der Waals surface area (Å²) in [5, 5.41) is 5.93. The lowest BCUT2D eigenvalue weighted by Crippen LogP contribution is -2.58. The van der Waals surface area contributed by atoms with Gasteiger partial charge in [0.15, 0.2) is 0 Å². The second kappa shape index (κ2) is 12.9. The molecule has 0 aromatic heterocycles. The van der Waals surface area contributed by atoms with Crippen molar-refractivity contribution in [3.05, 3.63) is 46.5 Å². The number of ether oxygens (including phenoxy) is 3. The Hall–Kier alpha value is -3.84. The molecular formula is C31H40ClN5O8. The number of nitrogens with two attached hydrogens (primary N) is 1. The summed E-state index contributed by atoms with van der Waals surface area (Å²) < 4.78 is 17.0. The number of hydrogen-bond donors (Lipinski definition) is 3. The van der Waals surface area contributed by atoms with Crippen LogP contribution in [0.4, 0.5) is 9.59 Å². The molecule has 3 aliphatic heterocycles. The van der Waals surface area contributed by atoms with Crippen molar-refractivity contribution in [2.75, 3.05) is 19.8 Å². The number of carbonyl (C=O) groups excluding carboxylic acids is 5. The van der Waals surface area contributed by atoms with E-state index in [0.717, 1.165) is 11.1 Å². The third-order valence-electron chi connectivity index (χ3n) is 8.40. The minimum absolute atomic E-state index is 0.0276. The number of halogens is 1. The molecule has 1 aromatic rings. The number of fused-ring (bicyclic) bond motifs is 3. The molecule has 1 aromatic carbocycles. The van der Waals surface area contributed by atoms with Gasteiger partial charge in [-0.2, -0.15) is 0 Å². The van der Waals surface area contributed by atoms with Crippen LogP contribution in [0.25, 0.3) is 0 Å². The second-order valence-corrected chi connectivity index (χ2v) is 13.4. The highest BCUT2D eigenvalue weighted by Gasteiger charge is 2.60. The van der Waals surface area contributed by atoms with Crippen molar-refractivity contribution >= 4 is 41.5 Å². The van der Waals surface area contributed by atoms with Crippen LogP contribution in [0.15, 0.2) is 30.4 Å². The van der Waals surface area contributed by atoms with Crippen LogP contribution in [0, 0.1) is 5.92 Å². The van der Waals surface area contributed by atoms with Gasteiger partial charge in [0.25, 0.3) is 0 Å². The summed E-state index contributed by atoms with van der Waals surface area (Å²) in [6.07, 6.45) is 3.06. The van der Waals surface area contributed by atoms with Gasteiger partial charge in [-0.3, -0.25) is 19.3 Å². The topological polar surface area (TPSA) is 170 Å². The Morgan fingerprint density at radius 3 is 2.69 bits per heavy atom. The third-order valence-corrected chi connectivity index (χ3v) is 8.76. The Morgan fingerprint density at radius 1 is 1.20 bits per heavy atom. The predicted octanol–water partition coefficient (Wildman–Crippen LogP) is 2.38. The molecule has 5 amide bonds. The molecule has 45 heavy (non-hydrogen) atoms. The van der Waals surface area contributed by atoms with Crippen molar-refractivity contribution in [3.8, 4) is 0 Å². The molecule has 14 heteroatoms. The van der Waals surface area contributed by atoms with Crippen LogP contribution in [-0.2, 0) is 41.7 Å². The normalized spacial score (nSPS) is 29.2. The Bertz CT molecular complexity index is 1400. The Kier molecular flexibility index (Phi) is 9.31. The molecule has 0 spiro atoms. The highest BCUT2D eigenvalue weighted by atomic mass is 35.5. The van der Waals surface area contributed by atoms with E-state index in [1.54, 1.807) is 26.8 Å². The molecule has 4 N–H and O–H groups in total. The molecule has 1 saturated carbocycles. The van der Waals surface area contributed by atoms with Crippen molar-refractivity contribution in [2.45, 2.75) is 88.9 Å². The summed E-state index contributed by atoms with van der Waals surface area (Å²) in [6, 6.07) is 3.15. The molecule has 2 fully saturated rings. The molecule has 1 aliphatic carbocycles. The van der Waals surface area contributed by atoms with Crippen molar-refractivity contribution in [1.29, 1.82) is 0 Å². The zero-order valence-electron chi connectivity index (χ0n) is 25.7. The van der Waals surface area contributed by atoms with Gasteiger partial charge in [-0.05, 0) is 57.2 Å². The third kappa shape index (κ3) is 7.36. The summed E-state index contributed by atoms with van der Waals surface area (Å²) >= 11 is 6.32. The molecular weight excluding hydrogens is 606 g/mol. The van der Waals surface area contributed by atoms with E-state index in [-0.39, 0.29) is 32.0 Å². The quantitative estimate of drug-likeness (QED) is 0.421. The van der Waals surface area contributed by atoms with Gasteiger partial charge in [0, 0.05) is 30.5 Å². The van der Waals surface area contributed by atoms with Crippen LogP contribution >= 0.6 is 11.6 Å². The van der Waals surface area contributed by atoms with Crippen LogP contribution in [-0.4, -0.2) is 88.8 Å². The largest absolute Gasteiger partial charge is 0.444 e. The summed E-state index contributed by atoms with van der Waals surface area (Å²) in [4.78, 5) is 69.0. The van der Waals surface area contributed by atoms with E-state index < -0.39 is 59.2 Å². The number of benzene rings is 1. The smallest absolute Gasteiger partial charge is 0.410 e. The fourth-order valence-electron chi connectivity index (χ4n) is 6.00. The van der Waals surface area contributed by atoms with Gasteiger partial charge in [-0.15, -0.1) is 0 Å². The number of rotatable bonds is 3. The highest BCUT2D eigenvalue weighted by Crippen LogP contribution is 2.45. The van der Waals surface area contributed by atoms with Gasteiger partial charge in [-0.1, -0.05) is 35.9 Å². The number of nitrogens with one attached hydrogen (secondary N) is 2. The van der Waals surface area contributed by atoms with Crippen LogP contribution in [0.5, 0.6) is 0 Å². The van der Waals surface area contributed by atoms with E-state index >= 15 is 0 Å². The average Bonchev–Trinajstić information content (AvgIpc) is 3.27. The maximum Gasteiger partial charge on any atom is 0.410 e. The summed E-state index contributed by atoms with van der Waals surface area (Å²) in [5.74, 6) is -2.18. The van der Waals surface area contributed by atoms with E-state index in [1.165, 1.54) is 9.80 Å². The Morgan fingerprint density at radius 2 is 1.98 bits per heavy atom. The number of alkyl carbamates (subject to hydrolysis) is 1. The molecule has 13 nitrogen and oxygen atoms in total. The monoisotopic (exact) mass is 645 g/mol. The number of allylic oxidation sites excluding steroid dienone is 1. The molecule has 3 heterocycles. The molecule has 5 rings (SSSR count). The lowest BCUT2D eigenvalue weighted by atomic mass is 10.1. The first-order valence-corrected chi connectivity index (χ1v) is 15.5. The summed E-state index contributed by atoms with van der Waals surface area (Å²) in [6.45, 7) is 5.68. The van der Waals surface area contributed by atoms with Crippen LogP contribution in [0.2, 0.25) is 5.02 Å². The van der Waals surface area contributed by atoms with Crippen LogP contribution in [0.3, 0.4) is 0 Å². The first-order valence-electron chi connectivity index (χ1n) is 15.2. The lowest BCUT2D eigenvalue weighted by molar-refractivity contribution is -0.142. The zero-order chi connectivity index (χ0) is 32.5. The number of carbonyl (C=O) groups is 5. The van der Waals surface area contributed by atoms with Crippen molar-refractivity contribution in [2.24, 2.45) is 11.7 Å². The van der Waals surface area contributed by atoms with Gasteiger partial charge in [-0.25, -0.2) is 9.59 Å². The molecule has 244 valence electrons. The molecule has 0 unspecified atom stereocenters. The minimum atomic E-state index is -1.28. The van der Waals surface area contributed by atoms with Gasteiger partial charge < -0.3 is 35.5 Å². The Balaban J connectivity index is 1.37. The maximum atomic E-state index is 14.0. The lowest BCUT2D eigenvalue weighted by Gasteiger charge is -2.30. The first-order chi connectivity index (χ1) is 21.3. The standard InChI is InChI=1S/C31H40ClN5O8/c1-30(2,3)45-28(41)34-23-17-43-11-6-4-5-9-19-13-31(19,27(33)40)35-25(38)24-12-20(15-37(24)26(23)39)44-29(42)36-14-18-8-7-10-22(32)21(18)16-36/h5,7-10,19-20,23-24H,4,6,11-17H2,1-3H3,(H2,33,40)(H,34,41)(H,35,38)/b9-5-/t19-,20-,23+,24+,31-/m1/s1. The van der Waals surface area contributed by atoms with Gasteiger partial charge in [0.05, 0.1) is 19.7 Å². The molecule has 0 radical (unpaired) electrons. The van der Waals surface area contributed by atoms with Gasteiger partial charge in [0.1, 0.15) is 29.3 Å². The number of amides is 5. The highest BCUT2D eigenvalue weighted by molar-refractivity contribution is 6.31. The average molecular weight is 646 g/mol. The van der Waals surface area contributed by atoms with E-state index in [9.17, 15) is 24.0 Å². The van der Waals surface area contributed by atoms with E-state index in [0.29, 0.717) is 37.4 Å². The van der Waals surface area contributed by atoms with Crippen LogP contribution in [0.1, 0.15) is 57.6 Å². The fourth-order valence-corrected chi connectivity index (χ4v) is 6.26. The summed E-state index contributed by atoms with van der Waals surface area (Å²) in [5.41, 5.74) is 5.39. The van der Waals surface area contributed by atoms with Crippen molar-refractivity contribution < 1.29 is 38.2 Å². The SMILES string of the molecule is CC(C)(C)OC(=O)N[C@H]1COCCC/C=C\[C@@H]2C[C@@]2(C(N)=O)NC(=O)[C@@H]2C[C@@H](OC(=O)N3Cc4cccc(Cl)c4C3)CN2C1=O. The minimum Gasteiger partial charge on any atom is -0.444 e. The zero-order valence-corrected chi connectivity index (χ0v) is 26.4. The molecule has 1 saturated heterocycles. The second-order valence-electron chi connectivity index (χ2n) is 13.0. The van der Waals surface area contributed by atoms with E-state index in [2.05, 4.69) is 10.6 Å². The number of primary amides is 1. The number of nitrogens with zero attached hydrogens (tertiary/aromatic N) is 2.